The van der Waals surface area contributed by atoms with Gasteiger partial charge in [-0.05, 0) is 36.4 Å². The second-order valence-corrected chi connectivity index (χ2v) is 10.3. The fourth-order valence-corrected chi connectivity index (χ4v) is 5.89. The van der Waals surface area contributed by atoms with Gasteiger partial charge in [0.25, 0.3) is 0 Å². The van der Waals surface area contributed by atoms with Crippen LogP contribution >= 0.6 is 0 Å². The van der Waals surface area contributed by atoms with Crippen LogP contribution in [0.1, 0.15) is 11.1 Å². The van der Waals surface area contributed by atoms with Crippen LogP contribution < -0.4 is 18.9 Å². The highest BCUT2D eigenvalue weighted by Crippen LogP contribution is 2.31. The van der Waals surface area contributed by atoms with E-state index in [0.717, 1.165) is 10.8 Å². The molecule has 0 aliphatic carbocycles. The lowest BCUT2D eigenvalue weighted by molar-refractivity contribution is 0.392. The standard InChI is InChI=1S/C21H24O8S2/c1-26-18-7-5-8-19(27-2)16(18)11-13-30(22,23)15-31(24,25)14-12-17-20(28-3)9-6-10-21(17)29-4/h5-14H,15H2,1-4H3/b13-11-,14-12+. The Morgan fingerprint density at radius 2 is 0.903 bits per heavy atom. The predicted octanol–water partition coefficient (Wildman–Crippen LogP) is 3.15. The average molecular weight is 469 g/mol. The maximum Gasteiger partial charge on any atom is 0.186 e. The van der Waals surface area contributed by atoms with Crippen molar-refractivity contribution in [3.05, 3.63) is 58.3 Å². The monoisotopic (exact) mass is 468 g/mol. The number of benzene rings is 2. The van der Waals surface area contributed by atoms with E-state index >= 15 is 0 Å². The Morgan fingerprint density at radius 1 is 0.613 bits per heavy atom. The van der Waals surface area contributed by atoms with Crippen LogP contribution in [0.4, 0.5) is 0 Å². The molecular weight excluding hydrogens is 444 g/mol. The molecule has 0 N–H and O–H groups in total. The van der Waals surface area contributed by atoms with Crippen molar-refractivity contribution in [2.75, 3.05) is 33.5 Å². The lowest BCUT2D eigenvalue weighted by Crippen LogP contribution is -2.12. The molecule has 0 saturated heterocycles. The number of hydrogen-bond donors (Lipinski definition) is 0. The van der Waals surface area contributed by atoms with E-state index < -0.39 is 24.8 Å². The summed E-state index contributed by atoms with van der Waals surface area (Å²) in [4.78, 5) is 0. The fourth-order valence-electron chi connectivity index (χ4n) is 2.74. The van der Waals surface area contributed by atoms with Crippen molar-refractivity contribution in [1.82, 2.24) is 0 Å². The minimum atomic E-state index is -4.12. The molecule has 0 aliphatic rings. The quantitative estimate of drug-likeness (QED) is 0.524. The third-order valence-corrected chi connectivity index (χ3v) is 7.87. The van der Waals surface area contributed by atoms with E-state index in [9.17, 15) is 16.8 Å². The molecule has 2 aromatic carbocycles. The van der Waals surface area contributed by atoms with Crippen molar-refractivity contribution in [1.29, 1.82) is 0 Å². The Morgan fingerprint density at radius 3 is 1.16 bits per heavy atom. The fraction of sp³-hybridized carbons (Fsp3) is 0.238. The number of methoxy groups -OCH3 is 4. The van der Waals surface area contributed by atoms with Crippen LogP contribution in [-0.4, -0.2) is 50.4 Å². The van der Waals surface area contributed by atoms with Gasteiger partial charge in [0.1, 0.15) is 23.0 Å². The van der Waals surface area contributed by atoms with Gasteiger partial charge < -0.3 is 18.9 Å². The van der Waals surface area contributed by atoms with E-state index in [1.54, 1.807) is 36.4 Å². The summed E-state index contributed by atoms with van der Waals surface area (Å²) in [7, 11) is -2.50. The molecule has 8 nitrogen and oxygen atoms in total. The van der Waals surface area contributed by atoms with Gasteiger partial charge in [-0.3, -0.25) is 0 Å². The molecular formula is C21H24O8S2. The van der Waals surface area contributed by atoms with Crippen molar-refractivity contribution in [3.63, 3.8) is 0 Å². The topological polar surface area (TPSA) is 105 Å². The van der Waals surface area contributed by atoms with E-state index in [-0.39, 0.29) is 0 Å². The second-order valence-electron chi connectivity index (χ2n) is 6.20. The zero-order valence-corrected chi connectivity index (χ0v) is 19.2. The minimum Gasteiger partial charge on any atom is -0.496 e. The van der Waals surface area contributed by atoms with E-state index in [4.69, 9.17) is 18.9 Å². The van der Waals surface area contributed by atoms with Crippen molar-refractivity contribution >= 4 is 31.8 Å². The first-order valence-electron chi connectivity index (χ1n) is 8.90. The highest BCUT2D eigenvalue weighted by atomic mass is 32.3. The van der Waals surface area contributed by atoms with Crippen molar-refractivity contribution in [3.8, 4) is 23.0 Å². The third-order valence-electron chi connectivity index (χ3n) is 4.14. The van der Waals surface area contributed by atoms with Gasteiger partial charge in [-0.15, -0.1) is 0 Å². The van der Waals surface area contributed by atoms with E-state index in [2.05, 4.69) is 0 Å². The molecule has 0 atom stereocenters. The van der Waals surface area contributed by atoms with Crippen LogP contribution in [0.25, 0.3) is 12.2 Å². The van der Waals surface area contributed by atoms with Crippen molar-refractivity contribution in [2.45, 2.75) is 0 Å². The molecule has 168 valence electrons. The van der Waals surface area contributed by atoms with Gasteiger partial charge in [0.05, 0.1) is 39.6 Å². The number of rotatable bonds is 10. The van der Waals surface area contributed by atoms with Gasteiger partial charge in [0, 0.05) is 10.8 Å². The van der Waals surface area contributed by atoms with Gasteiger partial charge in [0.15, 0.2) is 24.8 Å². The van der Waals surface area contributed by atoms with Crippen LogP contribution in [0.2, 0.25) is 0 Å². The van der Waals surface area contributed by atoms with E-state index in [0.29, 0.717) is 34.1 Å². The molecule has 2 aromatic rings. The lowest BCUT2D eigenvalue weighted by atomic mass is 10.2. The largest absolute Gasteiger partial charge is 0.496 e. The Labute approximate surface area is 182 Å². The molecule has 0 bridgehead atoms. The van der Waals surface area contributed by atoms with E-state index in [1.807, 2.05) is 0 Å². The molecule has 0 amide bonds. The summed E-state index contributed by atoms with van der Waals surface area (Å²) >= 11 is 0. The Hall–Kier alpha value is -2.98. The highest BCUT2D eigenvalue weighted by Gasteiger charge is 2.19. The first-order valence-corrected chi connectivity index (χ1v) is 12.3. The molecule has 0 unspecified atom stereocenters. The van der Waals surface area contributed by atoms with E-state index in [1.165, 1.54) is 40.6 Å². The summed E-state index contributed by atoms with van der Waals surface area (Å²) in [5, 5.41) is 0.535. The number of sulfone groups is 2. The summed E-state index contributed by atoms with van der Waals surface area (Å²) in [6, 6.07) is 9.91. The van der Waals surface area contributed by atoms with Crippen molar-refractivity contribution in [2.24, 2.45) is 0 Å². The summed E-state index contributed by atoms with van der Waals surface area (Å²) < 4.78 is 70.6. The normalized spacial score (nSPS) is 12.3. The number of hydrogen-bond acceptors (Lipinski definition) is 8. The molecule has 0 radical (unpaired) electrons. The maximum atomic E-state index is 12.4. The molecule has 0 heterocycles. The zero-order valence-electron chi connectivity index (χ0n) is 17.6. The zero-order chi connectivity index (χ0) is 23.1. The van der Waals surface area contributed by atoms with Crippen LogP contribution in [0.15, 0.2) is 47.2 Å². The molecule has 10 heteroatoms. The van der Waals surface area contributed by atoms with Gasteiger partial charge >= 0.3 is 0 Å². The molecule has 0 spiro atoms. The molecule has 31 heavy (non-hydrogen) atoms. The van der Waals surface area contributed by atoms with Gasteiger partial charge in [-0.2, -0.15) is 0 Å². The first-order chi connectivity index (χ1) is 14.7. The Balaban J connectivity index is 2.30. The summed E-state index contributed by atoms with van der Waals surface area (Å²) in [5.74, 6) is 1.54. The van der Waals surface area contributed by atoms with Crippen LogP contribution in [-0.2, 0) is 19.7 Å². The summed E-state index contributed by atoms with van der Waals surface area (Å²) in [6.45, 7) is 0. The van der Waals surface area contributed by atoms with Gasteiger partial charge in [0.2, 0.25) is 0 Å². The smallest absolute Gasteiger partial charge is 0.186 e. The van der Waals surface area contributed by atoms with Crippen LogP contribution in [0, 0.1) is 0 Å². The number of ether oxygens (including phenoxy) is 4. The Bertz CT molecular complexity index is 1040. The second kappa shape index (κ2) is 10.4. The minimum absolute atomic E-state index is 0.378. The SMILES string of the molecule is COc1cccc(OC)c1/C=C\S(=O)(=O)CS(=O)(=O)/C=C/c1c(OC)cccc1OC. The summed E-state index contributed by atoms with van der Waals surface area (Å²) in [6.07, 6.45) is 2.49. The van der Waals surface area contributed by atoms with Gasteiger partial charge in [-0.1, -0.05) is 12.1 Å². The predicted molar refractivity (Wildman–Crippen MR) is 120 cm³/mol. The Kier molecular flexibility index (Phi) is 8.12. The average Bonchev–Trinajstić information content (AvgIpc) is 2.74. The van der Waals surface area contributed by atoms with Crippen molar-refractivity contribution < 1.29 is 35.8 Å². The first kappa shape index (κ1) is 24.3. The molecule has 0 fully saturated rings. The van der Waals surface area contributed by atoms with Gasteiger partial charge in [-0.25, -0.2) is 16.8 Å². The highest BCUT2D eigenvalue weighted by molar-refractivity contribution is 8.10. The van der Waals surface area contributed by atoms with Crippen LogP contribution in [0.5, 0.6) is 23.0 Å². The molecule has 0 aliphatic heterocycles. The summed E-state index contributed by atoms with van der Waals surface area (Å²) in [5.41, 5.74) is 0.755. The molecule has 0 aromatic heterocycles. The molecule has 2 rings (SSSR count). The maximum absolute atomic E-state index is 12.4. The lowest BCUT2D eigenvalue weighted by Gasteiger charge is -2.10. The molecule has 0 saturated carbocycles. The third kappa shape index (κ3) is 6.50. The van der Waals surface area contributed by atoms with Crippen LogP contribution in [0.3, 0.4) is 0 Å².